The number of aromatic nitrogens is 1. The first-order valence-electron chi connectivity index (χ1n) is 6.19. The second-order valence-electron chi connectivity index (χ2n) is 4.64. The molecule has 1 unspecified atom stereocenters. The number of hydrogen-bond donors (Lipinski definition) is 1. The summed E-state index contributed by atoms with van der Waals surface area (Å²) >= 11 is 0. The van der Waals surface area contributed by atoms with Crippen LogP contribution in [0.25, 0.3) is 0 Å². The lowest BCUT2D eigenvalue weighted by molar-refractivity contribution is 0.461. The Morgan fingerprint density at radius 1 is 1.32 bits per heavy atom. The fourth-order valence-electron chi connectivity index (χ4n) is 1.80. The van der Waals surface area contributed by atoms with E-state index in [0.717, 1.165) is 5.69 Å². The number of nitrogens with two attached hydrogens (primary N) is 1. The molecule has 0 bridgehead atoms. The van der Waals surface area contributed by atoms with E-state index in [1.165, 1.54) is 6.07 Å². The molecule has 0 radical (unpaired) electrons. The molecular formula is C15H17FN2O. The molecule has 0 amide bonds. The largest absolute Gasteiger partial charge is 0.455 e. The summed E-state index contributed by atoms with van der Waals surface area (Å²) in [5.41, 5.74) is 7.14. The lowest BCUT2D eigenvalue weighted by atomic mass is 10.1. The average molecular weight is 260 g/mol. The summed E-state index contributed by atoms with van der Waals surface area (Å²) in [6.45, 7) is 3.73. The lowest BCUT2D eigenvalue weighted by Crippen LogP contribution is -2.19. The van der Waals surface area contributed by atoms with Crippen molar-refractivity contribution >= 4 is 0 Å². The van der Waals surface area contributed by atoms with E-state index >= 15 is 0 Å². The summed E-state index contributed by atoms with van der Waals surface area (Å²) in [4.78, 5) is 4.14. The molecule has 19 heavy (non-hydrogen) atoms. The standard InChI is InChI=1S/C15H17FN2O/c1-10(17)8-13-14(16)4-3-5-15(13)19-12-7-6-11(2)18-9-12/h3-7,9-10H,8,17H2,1-2H3. The second-order valence-corrected chi connectivity index (χ2v) is 4.64. The van der Waals surface area contributed by atoms with Gasteiger partial charge < -0.3 is 10.5 Å². The molecule has 0 aliphatic carbocycles. The van der Waals surface area contributed by atoms with E-state index in [1.54, 1.807) is 18.3 Å². The van der Waals surface area contributed by atoms with E-state index < -0.39 is 0 Å². The molecule has 1 aromatic heterocycles. The fraction of sp³-hybridized carbons (Fsp3) is 0.267. The first-order chi connectivity index (χ1) is 9.06. The van der Waals surface area contributed by atoms with Crippen LogP contribution in [-0.2, 0) is 6.42 Å². The second kappa shape index (κ2) is 5.80. The Morgan fingerprint density at radius 3 is 2.74 bits per heavy atom. The predicted molar refractivity (Wildman–Crippen MR) is 72.8 cm³/mol. The Hall–Kier alpha value is -1.94. The molecule has 3 nitrogen and oxygen atoms in total. The maximum Gasteiger partial charge on any atom is 0.145 e. The molecule has 0 saturated carbocycles. The highest BCUT2D eigenvalue weighted by Crippen LogP contribution is 2.27. The highest BCUT2D eigenvalue weighted by molar-refractivity contribution is 5.38. The molecule has 0 saturated heterocycles. The van der Waals surface area contributed by atoms with Gasteiger partial charge in [0.15, 0.2) is 0 Å². The van der Waals surface area contributed by atoms with Crippen molar-refractivity contribution in [2.45, 2.75) is 26.3 Å². The van der Waals surface area contributed by atoms with Crippen molar-refractivity contribution in [3.63, 3.8) is 0 Å². The van der Waals surface area contributed by atoms with Crippen LogP contribution in [0.1, 0.15) is 18.2 Å². The SMILES string of the molecule is Cc1ccc(Oc2cccc(F)c2CC(C)N)cn1. The Balaban J connectivity index is 2.29. The van der Waals surface area contributed by atoms with Crippen molar-refractivity contribution in [1.29, 1.82) is 0 Å². The molecule has 100 valence electrons. The van der Waals surface area contributed by atoms with Crippen LogP contribution in [0.15, 0.2) is 36.5 Å². The van der Waals surface area contributed by atoms with E-state index in [0.29, 0.717) is 23.5 Å². The molecule has 2 N–H and O–H groups in total. The van der Waals surface area contributed by atoms with E-state index in [4.69, 9.17) is 10.5 Å². The van der Waals surface area contributed by atoms with Crippen LogP contribution in [0.3, 0.4) is 0 Å². The van der Waals surface area contributed by atoms with Crippen molar-refractivity contribution in [2.75, 3.05) is 0 Å². The van der Waals surface area contributed by atoms with Gasteiger partial charge in [-0.1, -0.05) is 6.07 Å². The van der Waals surface area contributed by atoms with Crippen molar-refractivity contribution in [1.82, 2.24) is 4.98 Å². The number of halogens is 1. The summed E-state index contributed by atoms with van der Waals surface area (Å²) in [5.74, 6) is 0.778. The first kappa shape index (κ1) is 13.5. The Bertz CT molecular complexity index is 553. The monoisotopic (exact) mass is 260 g/mol. The van der Waals surface area contributed by atoms with E-state index in [1.807, 2.05) is 26.0 Å². The molecule has 2 rings (SSSR count). The maximum absolute atomic E-state index is 13.8. The summed E-state index contributed by atoms with van der Waals surface area (Å²) in [7, 11) is 0. The molecule has 0 aliphatic heterocycles. The zero-order valence-corrected chi connectivity index (χ0v) is 11.1. The molecule has 4 heteroatoms. The molecular weight excluding hydrogens is 243 g/mol. The van der Waals surface area contributed by atoms with Gasteiger partial charge in [0.2, 0.25) is 0 Å². The van der Waals surface area contributed by atoms with Crippen LogP contribution >= 0.6 is 0 Å². The Kier molecular flexibility index (Phi) is 4.12. The molecule has 1 aromatic carbocycles. The minimum absolute atomic E-state index is 0.129. The van der Waals surface area contributed by atoms with Crippen molar-refractivity contribution in [3.8, 4) is 11.5 Å². The van der Waals surface area contributed by atoms with Gasteiger partial charge in [0.05, 0.1) is 6.20 Å². The quantitative estimate of drug-likeness (QED) is 0.918. The number of benzene rings is 1. The minimum Gasteiger partial charge on any atom is -0.455 e. The van der Waals surface area contributed by atoms with E-state index in [9.17, 15) is 4.39 Å². The van der Waals surface area contributed by atoms with Crippen molar-refractivity contribution < 1.29 is 9.13 Å². The molecule has 2 aromatic rings. The van der Waals surface area contributed by atoms with Gasteiger partial charge in [-0.2, -0.15) is 0 Å². The highest BCUT2D eigenvalue weighted by atomic mass is 19.1. The third-order valence-corrected chi connectivity index (χ3v) is 2.71. The van der Waals surface area contributed by atoms with E-state index in [-0.39, 0.29) is 11.9 Å². The lowest BCUT2D eigenvalue weighted by Gasteiger charge is -2.13. The zero-order chi connectivity index (χ0) is 13.8. The summed E-state index contributed by atoms with van der Waals surface area (Å²) in [6, 6.07) is 8.30. The van der Waals surface area contributed by atoms with Crippen LogP contribution in [0, 0.1) is 12.7 Å². The van der Waals surface area contributed by atoms with Crippen LogP contribution in [0.5, 0.6) is 11.5 Å². The average Bonchev–Trinajstić information content (AvgIpc) is 2.36. The van der Waals surface area contributed by atoms with E-state index in [2.05, 4.69) is 4.98 Å². The summed E-state index contributed by atoms with van der Waals surface area (Å²) in [5, 5.41) is 0. The van der Waals surface area contributed by atoms with Crippen molar-refractivity contribution in [3.05, 3.63) is 53.6 Å². The number of aryl methyl sites for hydroxylation is 1. The number of ether oxygens (including phenoxy) is 1. The van der Waals surface area contributed by atoms with Gasteiger partial charge in [-0.3, -0.25) is 4.98 Å². The number of hydrogen-bond acceptors (Lipinski definition) is 3. The van der Waals surface area contributed by atoms with Gasteiger partial charge in [-0.05, 0) is 44.5 Å². The van der Waals surface area contributed by atoms with Crippen LogP contribution < -0.4 is 10.5 Å². The summed E-state index contributed by atoms with van der Waals surface area (Å²) in [6.07, 6.45) is 2.05. The predicted octanol–water partition coefficient (Wildman–Crippen LogP) is 3.21. The Labute approximate surface area is 112 Å². The van der Waals surface area contributed by atoms with Gasteiger partial charge in [0.1, 0.15) is 17.3 Å². The molecule has 1 heterocycles. The Morgan fingerprint density at radius 2 is 2.11 bits per heavy atom. The van der Waals surface area contributed by atoms with Crippen LogP contribution in [0.4, 0.5) is 4.39 Å². The van der Waals surface area contributed by atoms with Gasteiger partial charge in [-0.15, -0.1) is 0 Å². The highest BCUT2D eigenvalue weighted by Gasteiger charge is 2.12. The maximum atomic E-state index is 13.8. The molecule has 0 fully saturated rings. The smallest absolute Gasteiger partial charge is 0.145 e. The van der Waals surface area contributed by atoms with Gasteiger partial charge in [0.25, 0.3) is 0 Å². The summed E-state index contributed by atoms with van der Waals surface area (Å²) < 4.78 is 19.5. The first-order valence-corrected chi connectivity index (χ1v) is 6.19. The number of pyridine rings is 1. The minimum atomic E-state index is -0.296. The number of rotatable bonds is 4. The third kappa shape index (κ3) is 3.51. The van der Waals surface area contributed by atoms with Gasteiger partial charge in [-0.25, -0.2) is 4.39 Å². The normalized spacial score (nSPS) is 12.2. The zero-order valence-electron chi connectivity index (χ0n) is 11.1. The van der Waals surface area contributed by atoms with Crippen molar-refractivity contribution in [2.24, 2.45) is 5.73 Å². The number of nitrogens with zero attached hydrogens (tertiary/aromatic N) is 1. The third-order valence-electron chi connectivity index (χ3n) is 2.71. The topological polar surface area (TPSA) is 48.1 Å². The molecule has 1 atom stereocenters. The van der Waals surface area contributed by atoms with Gasteiger partial charge in [0, 0.05) is 17.3 Å². The van der Waals surface area contributed by atoms with Gasteiger partial charge >= 0.3 is 0 Å². The fourth-order valence-corrected chi connectivity index (χ4v) is 1.80. The molecule has 0 aliphatic rings. The van der Waals surface area contributed by atoms with Crippen LogP contribution in [-0.4, -0.2) is 11.0 Å². The van der Waals surface area contributed by atoms with Crippen LogP contribution in [0.2, 0.25) is 0 Å². The molecule has 0 spiro atoms.